The lowest BCUT2D eigenvalue weighted by molar-refractivity contribution is 0.576. The molecule has 0 bridgehead atoms. The Kier molecular flexibility index (Phi) is 3.34. The molecule has 1 fully saturated rings. The summed E-state index contributed by atoms with van der Waals surface area (Å²) >= 11 is 1.39. The van der Waals surface area contributed by atoms with Gasteiger partial charge < -0.3 is 5.73 Å². The number of hydrogen-bond acceptors (Lipinski definition) is 4. The minimum atomic E-state index is -3.32. The fraction of sp³-hybridized carbons (Fsp3) is 0.600. The normalized spacial score (nSPS) is 24.6. The van der Waals surface area contributed by atoms with Crippen molar-refractivity contribution in [1.29, 1.82) is 0 Å². The molecule has 0 aromatic carbocycles. The molecule has 1 saturated carbocycles. The van der Waals surface area contributed by atoms with Gasteiger partial charge in [0.2, 0.25) is 10.0 Å². The van der Waals surface area contributed by atoms with E-state index in [-0.39, 0.29) is 6.04 Å². The molecule has 3 N–H and O–H groups in total. The molecule has 0 aliphatic heterocycles. The molecule has 2 unspecified atom stereocenters. The minimum Gasteiger partial charge on any atom is -0.326 e. The van der Waals surface area contributed by atoms with E-state index in [0.29, 0.717) is 17.4 Å². The van der Waals surface area contributed by atoms with Gasteiger partial charge in [-0.1, -0.05) is 13.3 Å². The van der Waals surface area contributed by atoms with Gasteiger partial charge in [0.05, 0.1) is 4.90 Å². The third kappa shape index (κ3) is 2.45. The van der Waals surface area contributed by atoms with Gasteiger partial charge in [-0.25, -0.2) is 13.1 Å². The topological polar surface area (TPSA) is 72.2 Å². The Morgan fingerprint density at radius 1 is 1.62 bits per heavy atom. The summed E-state index contributed by atoms with van der Waals surface area (Å²) in [7, 11) is -3.32. The maximum Gasteiger partial charge on any atom is 0.241 e. The largest absolute Gasteiger partial charge is 0.326 e. The lowest BCUT2D eigenvalue weighted by Crippen LogP contribution is -2.26. The van der Waals surface area contributed by atoms with Gasteiger partial charge in [0, 0.05) is 22.8 Å². The number of nitrogens with two attached hydrogens (primary N) is 1. The first kappa shape index (κ1) is 12.0. The highest BCUT2D eigenvalue weighted by atomic mass is 32.2. The molecular formula is C10H16N2O2S2. The van der Waals surface area contributed by atoms with Gasteiger partial charge in [-0.3, -0.25) is 0 Å². The average molecular weight is 260 g/mol. The van der Waals surface area contributed by atoms with Crippen LogP contribution >= 0.6 is 11.3 Å². The smallest absolute Gasteiger partial charge is 0.241 e. The first-order chi connectivity index (χ1) is 7.56. The molecule has 2 atom stereocenters. The Hall–Kier alpha value is -0.430. The maximum atomic E-state index is 11.9. The lowest BCUT2D eigenvalue weighted by Gasteiger charge is -2.03. The third-order valence-corrected chi connectivity index (χ3v) is 5.47. The Bertz CT molecular complexity index is 467. The van der Waals surface area contributed by atoms with Crippen molar-refractivity contribution >= 4 is 21.4 Å². The van der Waals surface area contributed by atoms with Crippen LogP contribution in [-0.4, -0.2) is 14.5 Å². The van der Waals surface area contributed by atoms with Crippen LogP contribution in [0.3, 0.4) is 0 Å². The predicted octanol–water partition coefficient (Wildman–Crippen LogP) is 1.28. The summed E-state index contributed by atoms with van der Waals surface area (Å²) < 4.78 is 26.6. The molecule has 6 heteroatoms. The highest BCUT2D eigenvalue weighted by Crippen LogP contribution is 2.34. The van der Waals surface area contributed by atoms with Gasteiger partial charge in [-0.05, 0) is 18.4 Å². The van der Waals surface area contributed by atoms with E-state index in [1.54, 1.807) is 11.4 Å². The molecule has 0 saturated heterocycles. The lowest BCUT2D eigenvalue weighted by atomic mass is 10.3. The van der Waals surface area contributed by atoms with E-state index in [0.717, 1.165) is 17.7 Å². The number of hydrogen-bond donors (Lipinski definition) is 2. The third-order valence-electron chi connectivity index (χ3n) is 2.89. The van der Waals surface area contributed by atoms with E-state index in [4.69, 9.17) is 5.73 Å². The summed E-state index contributed by atoms with van der Waals surface area (Å²) in [6, 6.07) is 1.78. The standard InChI is InChI=1S/C10H16N2O2S2/c1-2-7-3-10(7)12-16(13,14)9-4-8(5-11)15-6-9/h4,6-7,10,12H,2-3,5,11H2,1H3. The van der Waals surface area contributed by atoms with Crippen molar-refractivity contribution in [3.05, 3.63) is 16.3 Å². The second-order valence-corrected chi connectivity index (χ2v) is 6.79. The van der Waals surface area contributed by atoms with Crippen molar-refractivity contribution in [1.82, 2.24) is 4.72 Å². The Labute approximate surface area is 99.9 Å². The van der Waals surface area contributed by atoms with Crippen molar-refractivity contribution in [2.75, 3.05) is 0 Å². The fourth-order valence-corrected chi connectivity index (χ4v) is 4.19. The Morgan fingerprint density at radius 3 is 2.88 bits per heavy atom. The van der Waals surface area contributed by atoms with Crippen LogP contribution < -0.4 is 10.5 Å². The Balaban J connectivity index is 2.07. The molecule has 4 nitrogen and oxygen atoms in total. The molecule has 90 valence electrons. The zero-order chi connectivity index (χ0) is 11.8. The minimum absolute atomic E-state index is 0.135. The second-order valence-electron chi connectivity index (χ2n) is 4.08. The van der Waals surface area contributed by atoms with Crippen LogP contribution in [-0.2, 0) is 16.6 Å². The summed E-state index contributed by atoms with van der Waals surface area (Å²) in [5.41, 5.74) is 5.46. The molecule has 0 amide bonds. The van der Waals surface area contributed by atoms with Crippen molar-refractivity contribution < 1.29 is 8.42 Å². The monoisotopic (exact) mass is 260 g/mol. The van der Waals surface area contributed by atoms with Crippen LogP contribution in [0.15, 0.2) is 16.3 Å². The first-order valence-electron chi connectivity index (χ1n) is 5.36. The fourth-order valence-electron chi connectivity index (χ4n) is 1.72. The van der Waals surface area contributed by atoms with Crippen molar-refractivity contribution in [3.63, 3.8) is 0 Å². The van der Waals surface area contributed by atoms with Crippen molar-refractivity contribution in [3.8, 4) is 0 Å². The van der Waals surface area contributed by atoms with Crippen LogP contribution in [0.25, 0.3) is 0 Å². The van der Waals surface area contributed by atoms with Crippen LogP contribution in [0.4, 0.5) is 0 Å². The quantitative estimate of drug-likeness (QED) is 0.837. The molecule has 1 aliphatic rings. The summed E-state index contributed by atoms with van der Waals surface area (Å²) in [4.78, 5) is 1.24. The van der Waals surface area contributed by atoms with Crippen LogP contribution in [0.2, 0.25) is 0 Å². The van der Waals surface area contributed by atoms with E-state index in [2.05, 4.69) is 11.6 Å². The maximum absolute atomic E-state index is 11.9. The van der Waals surface area contributed by atoms with Crippen LogP contribution in [0.1, 0.15) is 24.6 Å². The molecule has 1 aromatic heterocycles. The highest BCUT2D eigenvalue weighted by Gasteiger charge is 2.38. The SMILES string of the molecule is CCC1CC1NS(=O)(=O)c1csc(CN)c1. The van der Waals surface area contributed by atoms with Crippen LogP contribution in [0, 0.1) is 5.92 Å². The molecule has 1 aromatic rings. The zero-order valence-corrected chi connectivity index (χ0v) is 10.8. The van der Waals surface area contributed by atoms with Crippen LogP contribution in [0.5, 0.6) is 0 Å². The molecule has 16 heavy (non-hydrogen) atoms. The van der Waals surface area contributed by atoms with Gasteiger partial charge in [0.15, 0.2) is 0 Å². The number of sulfonamides is 1. The first-order valence-corrected chi connectivity index (χ1v) is 7.73. The number of rotatable bonds is 5. The summed E-state index contributed by atoms with van der Waals surface area (Å²) in [6.45, 7) is 2.47. The van der Waals surface area contributed by atoms with E-state index in [1.807, 2.05) is 0 Å². The zero-order valence-electron chi connectivity index (χ0n) is 9.14. The van der Waals surface area contributed by atoms with E-state index >= 15 is 0 Å². The Morgan fingerprint density at radius 2 is 2.38 bits per heavy atom. The highest BCUT2D eigenvalue weighted by molar-refractivity contribution is 7.89. The van der Waals surface area contributed by atoms with E-state index < -0.39 is 10.0 Å². The summed E-state index contributed by atoms with van der Waals surface area (Å²) in [6.07, 6.45) is 1.99. The second kappa shape index (κ2) is 4.44. The molecule has 1 aliphatic carbocycles. The predicted molar refractivity (Wildman–Crippen MR) is 64.7 cm³/mol. The molecular weight excluding hydrogens is 244 g/mol. The van der Waals surface area contributed by atoms with Crippen molar-refractivity contribution in [2.24, 2.45) is 11.7 Å². The summed E-state index contributed by atoms with van der Waals surface area (Å²) in [5.74, 6) is 0.516. The molecule has 1 heterocycles. The number of nitrogens with one attached hydrogen (secondary N) is 1. The van der Waals surface area contributed by atoms with E-state index in [9.17, 15) is 8.42 Å². The summed E-state index contributed by atoms with van der Waals surface area (Å²) in [5, 5.41) is 1.65. The average Bonchev–Trinajstić information content (AvgIpc) is 2.81. The van der Waals surface area contributed by atoms with Gasteiger partial charge in [0.1, 0.15) is 0 Å². The number of thiophene rings is 1. The van der Waals surface area contributed by atoms with Crippen molar-refractivity contribution in [2.45, 2.75) is 37.2 Å². The van der Waals surface area contributed by atoms with E-state index in [1.165, 1.54) is 11.3 Å². The molecule has 0 radical (unpaired) electrons. The molecule has 0 spiro atoms. The van der Waals surface area contributed by atoms with Gasteiger partial charge in [-0.15, -0.1) is 11.3 Å². The van der Waals surface area contributed by atoms with Gasteiger partial charge in [0.25, 0.3) is 0 Å². The van der Waals surface area contributed by atoms with Gasteiger partial charge in [-0.2, -0.15) is 0 Å². The van der Waals surface area contributed by atoms with Gasteiger partial charge >= 0.3 is 0 Å². The molecule has 2 rings (SSSR count).